The number of rotatable bonds is 4. The van der Waals surface area contributed by atoms with E-state index < -0.39 is 0 Å². The molecule has 1 heterocycles. The van der Waals surface area contributed by atoms with Crippen molar-refractivity contribution in [2.45, 2.75) is 0 Å². The third-order valence-corrected chi connectivity index (χ3v) is 4.33. The summed E-state index contributed by atoms with van der Waals surface area (Å²) in [6.45, 7) is 0. The maximum absolute atomic E-state index is 13.1. The molecule has 0 saturated heterocycles. The van der Waals surface area contributed by atoms with Crippen LogP contribution in [0.5, 0.6) is 0 Å². The van der Waals surface area contributed by atoms with Gasteiger partial charge in [0, 0.05) is 22.2 Å². The second-order valence-electron chi connectivity index (χ2n) is 6.13. The number of H-pyrrole nitrogens is 1. The molecule has 0 aliphatic heterocycles. The van der Waals surface area contributed by atoms with E-state index in [1.54, 1.807) is 12.1 Å². The lowest BCUT2D eigenvalue weighted by Gasteiger charge is -1.97. The van der Waals surface area contributed by atoms with Gasteiger partial charge in [-0.05, 0) is 35.4 Å². The first-order chi connectivity index (χ1) is 12.8. The average molecular weight is 339 g/mol. The SMILES string of the molecule is Fc1ccc(/C=C/c2c(/C=C/c3ccccc3)[nH]c3ccccc23)cc1. The second-order valence-corrected chi connectivity index (χ2v) is 6.13. The molecule has 4 aromatic rings. The van der Waals surface area contributed by atoms with Crippen molar-refractivity contribution in [1.29, 1.82) is 0 Å². The van der Waals surface area contributed by atoms with Crippen molar-refractivity contribution in [3.8, 4) is 0 Å². The predicted molar refractivity (Wildman–Crippen MR) is 109 cm³/mol. The molecular formula is C24H18FN. The van der Waals surface area contributed by atoms with E-state index in [4.69, 9.17) is 0 Å². The van der Waals surface area contributed by atoms with Crippen LogP contribution in [0.4, 0.5) is 4.39 Å². The molecule has 0 spiro atoms. The Morgan fingerprint density at radius 3 is 2.08 bits per heavy atom. The first-order valence-electron chi connectivity index (χ1n) is 8.57. The molecule has 3 aromatic carbocycles. The van der Waals surface area contributed by atoms with Crippen LogP contribution in [-0.4, -0.2) is 4.98 Å². The van der Waals surface area contributed by atoms with E-state index in [0.29, 0.717) is 0 Å². The maximum atomic E-state index is 13.1. The van der Waals surface area contributed by atoms with Crippen LogP contribution in [0.25, 0.3) is 35.2 Å². The number of hydrogen-bond donors (Lipinski definition) is 1. The number of nitrogens with one attached hydrogen (secondary N) is 1. The fourth-order valence-electron chi connectivity index (χ4n) is 2.99. The molecule has 4 rings (SSSR count). The zero-order chi connectivity index (χ0) is 17.8. The first kappa shape index (κ1) is 16.1. The van der Waals surface area contributed by atoms with Gasteiger partial charge in [0.1, 0.15) is 5.82 Å². The standard InChI is InChI=1S/C24H18FN/c25-20-14-10-19(11-15-20)12-16-22-21-8-4-5-9-23(21)26-24(22)17-13-18-6-2-1-3-7-18/h1-17,26H/b16-12+,17-13+. The van der Waals surface area contributed by atoms with Crippen LogP contribution in [0.15, 0.2) is 78.9 Å². The fourth-order valence-corrected chi connectivity index (χ4v) is 2.99. The molecule has 0 unspecified atom stereocenters. The van der Waals surface area contributed by atoms with E-state index in [1.165, 1.54) is 17.5 Å². The fraction of sp³-hybridized carbons (Fsp3) is 0. The summed E-state index contributed by atoms with van der Waals surface area (Å²) in [6.07, 6.45) is 8.28. The van der Waals surface area contributed by atoms with Crippen LogP contribution in [0, 0.1) is 5.82 Å². The molecule has 0 fully saturated rings. The van der Waals surface area contributed by atoms with Gasteiger partial charge in [-0.25, -0.2) is 4.39 Å². The summed E-state index contributed by atoms with van der Waals surface area (Å²) >= 11 is 0. The number of aromatic nitrogens is 1. The van der Waals surface area contributed by atoms with Gasteiger partial charge >= 0.3 is 0 Å². The van der Waals surface area contributed by atoms with Crippen LogP contribution >= 0.6 is 0 Å². The zero-order valence-electron chi connectivity index (χ0n) is 14.2. The summed E-state index contributed by atoms with van der Waals surface area (Å²) in [4.78, 5) is 3.48. The van der Waals surface area contributed by atoms with Gasteiger partial charge in [0.25, 0.3) is 0 Å². The maximum Gasteiger partial charge on any atom is 0.123 e. The molecule has 0 aliphatic carbocycles. The van der Waals surface area contributed by atoms with E-state index in [2.05, 4.69) is 47.5 Å². The molecule has 2 heteroatoms. The number of aromatic amines is 1. The molecule has 1 N–H and O–H groups in total. The lowest BCUT2D eigenvalue weighted by Crippen LogP contribution is -1.78. The summed E-state index contributed by atoms with van der Waals surface area (Å²) in [5.41, 5.74) is 5.39. The third-order valence-electron chi connectivity index (χ3n) is 4.33. The van der Waals surface area contributed by atoms with Crippen molar-refractivity contribution in [2.75, 3.05) is 0 Å². The van der Waals surface area contributed by atoms with Crippen molar-refractivity contribution in [3.63, 3.8) is 0 Å². The van der Waals surface area contributed by atoms with Crippen molar-refractivity contribution >= 4 is 35.2 Å². The lowest BCUT2D eigenvalue weighted by atomic mass is 10.1. The minimum Gasteiger partial charge on any atom is -0.355 e. The zero-order valence-corrected chi connectivity index (χ0v) is 14.2. The highest BCUT2D eigenvalue weighted by molar-refractivity contribution is 5.96. The number of benzene rings is 3. The topological polar surface area (TPSA) is 15.8 Å². The van der Waals surface area contributed by atoms with E-state index >= 15 is 0 Å². The van der Waals surface area contributed by atoms with Gasteiger partial charge < -0.3 is 4.98 Å². The molecule has 1 nitrogen and oxygen atoms in total. The Bertz CT molecular complexity index is 1070. The molecule has 126 valence electrons. The molecule has 0 saturated carbocycles. The van der Waals surface area contributed by atoms with Crippen molar-refractivity contribution in [1.82, 2.24) is 4.98 Å². The van der Waals surface area contributed by atoms with Crippen molar-refractivity contribution in [2.24, 2.45) is 0 Å². The largest absolute Gasteiger partial charge is 0.355 e. The molecule has 26 heavy (non-hydrogen) atoms. The molecule has 0 amide bonds. The monoisotopic (exact) mass is 339 g/mol. The summed E-state index contributed by atoms with van der Waals surface area (Å²) in [6, 6.07) is 25.0. The highest BCUT2D eigenvalue weighted by Crippen LogP contribution is 2.26. The van der Waals surface area contributed by atoms with Gasteiger partial charge in [-0.1, -0.05) is 78.9 Å². The number of fused-ring (bicyclic) bond motifs is 1. The molecule has 0 aliphatic rings. The predicted octanol–water partition coefficient (Wildman–Crippen LogP) is 6.65. The summed E-state index contributed by atoms with van der Waals surface area (Å²) < 4.78 is 13.1. The minimum atomic E-state index is -0.222. The van der Waals surface area contributed by atoms with Crippen LogP contribution < -0.4 is 0 Å². The Hall–Kier alpha value is -3.39. The lowest BCUT2D eigenvalue weighted by molar-refractivity contribution is 0.628. The smallest absolute Gasteiger partial charge is 0.123 e. The Kier molecular flexibility index (Phi) is 4.48. The number of hydrogen-bond acceptors (Lipinski definition) is 0. The normalized spacial score (nSPS) is 11.7. The van der Waals surface area contributed by atoms with Gasteiger partial charge in [0.05, 0.1) is 0 Å². The quantitative estimate of drug-likeness (QED) is 0.428. The highest BCUT2D eigenvalue weighted by Gasteiger charge is 2.06. The Morgan fingerprint density at radius 2 is 1.27 bits per heavy atom. The van der Waals surface area contributed by atoms with Gasteiger partial charge in [0.2, 0.25) is 0 Å². The van der Waals surface area contributed by atoms with Gasteiger partial charge in [-0.15, -0.1) is 0 Å². The first-order valence-corrected chi connectivity index (χ1v) is 8.57. The molecule has 0 radical (unpaired) electrons. The van der Waals surface area contributed by atoms with E-state index in [0.717, 1.165) is 27.9 Å². The van der Waals surface area contributed by atoms with Crippen LogP contribution in [0.2, 0.25) is 0 Å². The van der Waals surface area contributed by atoms with E-state index in [1.807, 2.05) is 36.4 Å². The molecule has 0 atom stereocenters. The summed E-state index contributed by atoms with van der Waals surface area (Å²) in [5.74, 6) is -0.222. The number of para-hydroxylation sites is 1. The Balaban J connectivity index is 1.74. The molecular weight excluding hydrogens is 321 g/mol. The minimum absolute atomic E-state index is 0.222. The Morgan fingerprint density at radius 1 is 0.615 bits per heavy atom. The van der Waals surface area contributed by atoms with Crippen LogP contribution in [0.1, 0.15) is 22.4 Å². The van der Waals surface area contributed by atoms with Crippen LogP contribution in [-0.2, 0) is 0 Å². The second kappa shape index (κ2) is 7.24. The summed E-state index contributed by atoms with van der Waals surface area (Å²) in [5, 5.41) is 1.17. The van der Waals surface area contributed by atoms with Crippen molar-refractivity contribution < 1.29 is 4.39 Å². The van der Waals surface area contributed by atoms with Gasteiger partial charge in [-0.2, -0.15) is 0 Å². The van der Waals surface area contributed by atoms with Crippen molar-refractivity contribution in [3.05, 3.63) is 107 Å². The highest BCUT2D eigenvalue weighted by atomic mass is 19.1. The average Bonchev–Trinajstić information content (AvgIpc) is 3.04. The summed E-state index contributed by atoms with van der Waals surface area (Å²) in [7, 11) is 0. The van der Waals surface area contributed by atoms with Crippen LogP contribution in [0.3, 0.4) is 0 Å². The van der Waals surface area contributed by atoms with E-state index in [9.17, 15) is 4.39 Å². The molecule has 1 aromatic heterocycles. The van der Waals surface area contributed by atoms with E-state index in [-0.39, 0.29) is 5.82 Å². The number of halogens is 1. The molecule has 0 bridgehead atoms. The van der Waals surface area contributed by atoms with Gasteiger partial charge in [-0.3, -0.25) is 0 Å². The van der Waals surface area contributed by atoms with Gasteiger partial charge in [0.15, 0.2) is 0 Å². The Labute approximate surface area is 152 Å². The third kappa shape index (κ3) is 3.50.